The molecule has 21 heavy (non-hydrogen) atoms. The van der Waals surface area contributed by atoms with Gasteiger partial charge in [0.05, 0.1) is 6.04 Å². The molecule has 0 fully saturated rings. The number of fused-ring (bicyclic) bond motifs is 1. The molecular formula is C19H21NS. The molecule has 3 aromatic rings. The molecule has 2 aromatic carbocycles. The first-order valence-electron chi connectivity index (χ1n) is 7.46. The predicted octanol–water partition coefficient (Wildman–Crippen LogP) is 5.15. The third kappa shape index (κ3) is 3.17. The van der Waals surface area contributed by atoms with E-state index in [9.17, 15) is 0 Å². The largest absolute Gasteiger partial charge is 0.320 e. The summed E-state index contributed by atoms with van der Waals surface area (Å²) in [4.78, 5) is 1.23. The second kappa shape index (κ2) is 6.00. The standard InChI is InChI=1S/C19H21NS/c1-13(2)11-14-7-9-15(10-8-14)19(20)18-12-16-5-3-4-6-17(16)21-18/h3-10,12-13,19H,11,20H2,1-2H3. The summed E-state index contributed by atoms with van der Waals surface area (Å²) in [6, 6.07) is 19.4. The molecule has 1 nitrogen and oxygen atoms in total. The molecule has 0 saturated heterocycles. The lowest BCUT2D eigenvalue weighted by atomic mass is 9.99. The average Bonchev–Trinajstić information content (AvgIpc) is 2.90. The van der Waals surface area contributed by atoms with Gasteiger partial charge in [-0.25, -0.2) is 0 Å². The fraction of sp³-hybridized carbons (Fsp3) is 0.263. The van der Waals surface area contributed by atoms with Gasteiger partial charge < -0.3 is 5.73 Å². The van der Waals surface area contributed by atoms with Gasteiger partial charge in [-0.05, 0) is 41.0 Å². The van der Waals surface area contributed by atoms with Crippen LogP contribution in [0.3, 0.4) is 0 Å². The number of thiophene rings is 1. The molecule has 0 saturated carbocycles. The first-order valence-corrected chi connectivity index (χ1v) is 8.28. The smallest absolute Gasteiger partial charge is 0.0646 e. The third-order valence-corrected chi connectivity index (χ3v) is 4.93. The van der Waals surface area contributed by atoms with Crippen molar-refractivity contribution in [2.75, 3.05) is 0 Å². The van der Waals surface area contributed by atoms with Crippen molar-refractivity contribution >= 4 is 21.4 Å². The van der Waals surface area contributed by atoms with E-state index >= 15 is 0 Å². The Hall–Kier alpha value is -1.64. The topological polar surface area (TPSA) is 26.0 Å². The van der Waals surface area contributed by atoms with Gasteiger partial charge in [-0.3, -0.25) is 0 Å². The van der Waals surface area contributed by atoms with E-state index in [1.165, 1.54) is 26.1 Å². The molecule has 0 aliphatic carbocycles. The van der Waals surface area contributed by atoms with Crippen LogP contribution in [0.1, 0.15) is 35.9 Å². The van der Waals surface area contributed by atoms with Gasteiger partial charge in [-0.15, -0.1) is 11.3 Å². The monoisotopic (exact) mass is 295 g/mol. The van der Waals surface area contributed by atoms with Crippen LogP contribution in [-0.2, 0) is 6.42 Å². The van der Waals surface area contributed by atoms with Crippen LogP contribution in [0.5, 0.6) is 0 Å². The van der Waals surface area contributed by atoms with Crippen molar-refractivity contribution in [1.29, 1.82) is 0 Å². The average molecular weight is 295 g/mol. The highest BCUT2D eigenvalue weighted by Gasteiger charge is 2.12. The van der Waals surface area contributed by atoms with Crippen LogP contribution in [0.25, 0.3) is 10.1 Å². The van der Waals surface area contributed by atoms with E-state index in [-0.39, 0.29) is 6.04 Å². The quantitative estimate of drug-likeness (QED) is 0.708. The molecule has 0 radical (unpaired) electrons. The Kier molecular flexibility index (Phi) is 4.09. The first kappa shape index (κ1) is 14.3. The highest BCUT2D eigenvalue weighted by atomic mass is 32.1. The van der Waals surface area contributed by atoms with Crippen molar-refractivity contribution < 1.29 is 0 Å². The van der Waals surface area contributed by atoms with Crippen LogP contribution < -0.4 is 5.73 Å². The highest BCUT2D eigenvalue weighted by molar-refractivity contribution is 7.19. The SMILES string of the molecule is CC(C)Cc1ccc(C(N)c2cc3ccccc3s2)cc1. The van der Waals surface area contributed by atoms with Crippen molar-refractivity contribution in [2.45, 2.75) is 26.3 Å². The van der Waals surface area contributed by atoms with E-state index < -0.39 is 0 Å². The summed E-state index contributed by atoms with van der Waals surface area (Å²) in [5.74, 6) is 0.687. The highest BCUT2D eigenvalue weighted by Crippen LogP contribution is 2.31. The molecule has 0 aliphatic rings. The molecule has 1 heterocycles. The van der Waals surface area contributed by atoms with Crippen LogP contribution in [0.15, 0.2) is 54.6 Å². The van der Waals surface area contributed by atoms with Crippen LogP contribution in [0.2, 0.25) is 0 Å². The molecule has 2 N–H and O–H groups in total. The van der Waals surface area contributed by atoms with E-state index in [1.807, 2.05) is 0 Å². The molecular weight excluding hydrogens is 274 g/mol. The van der Waals surface area contributed by atoms with Gasteiger partial charge in [-0.1, -0.05) is 56.3 Å². The van der Waals surface area contributed by atoms with Gasteiger partial charge in [0.1, 0.15) is 0 Å². The zero-order valence-corrected chi connectivity index (χ0v) is 13.4. The zero-order chi connectivity index (χ0) is 14.8. The van der Waals surface area contributed by atoms with Crippen LogP contribution in [-0.4, -0.2) is 0 Å². The molecule has 0 aliphatic heterocycles. The van der Waals surface area contributed by atoms with E-state index in [0.717, 1.165) is 6.42 Å². The van der Waals surface area contributed by atoms with Crippen molar-refractivity contribution in [1.82, 2.24) is 0 Å². The maximum atomic E-state index is 6.44. The summed E-state index contributed by atoms with van der Waals surface area (Å²) in [7, 11) is 0. The maximum Gasteiger partial charge on any atom is 0.0646 e. The number of nitrogens with two attached hydrogens (primary N) is 1. The number of benzene rings is 2. The molecule has 0 bridgehead atoms. The zero-order valence-electron chi connectivity index (χ0n) is 12.5. The van der Waals surface area contributed by atoms with Gasteiger partial charge >= 0.3 is 0 Å². The Morgan fingerprint density at radius 3 is 2.38 bits per heavy atom. The Labute approximate surface area is 130 Å². The summed E-state index contributed by atoms with van der Waals surface area (Å²) < 4.78 is 1.30. The summed E-state index contributed by atoms with van der Waals surface area (Å²) >= 11 is 1.79. The number of hydrogen-bond donors (Lipinski definition) is 1. The lowest BCUT2D eigenvalue weighted by Gasteiger charge is -2.11. The van der Waals surface area contributed by atoms with Gasteiger partial charge in [0.2, 0.25) is 0 Å². The molecule has 108 valence electrons. The summed E-state index contributed by atoms with van der Waals surface area (Å²) in [6.45, 7) is 4.49. The maximum absolute atomic E-state index is 6.44. The molecule has 3 rings (SSSR count). The van der Waals surface area contributed by atoms with Gasteiger partial charge in [0.15, 0.2) is 0 Å². The van der Waals surface area contributed by atoms with Crippen LogP contribution in [0.4, 0.5) is 0 Å². The fourth-order valence-corrected chi connectivity index (χ4v) is 3.75. The Bertz CT molecular complexity index is 692. The summed E-state index contributed by atoms with van der Waals surface area (Å²) in [5.41, 5.74) is 9.02. The van der Waals surface area contributed by atoms with E-state index in [1.54, 1.807) is 11.3 Å². The van der Waals surface area contributed by atoms with Crippen molar-refractivity contribution in [2.24, 2.45) is 11.7 Å². The Morgan fingerprint density at radius 2 is 1.71 bits per heavy atom. The van der Waals surface area contributed by atoms with E-state index in [2.05, 4.69) is 68.4 Å². The van der Waals surface area contributed by atoms with Crippen molar-refractivity contribution in [3.05, 3.63) is 70.6 Å². The minimum atomic E-state index is -0.0319. The Morgan fingerprint density at radius 1 is 1.00 bits per heavy atom. The lowest BCUT2D eigenvalue weighted by Crippen LogP contribution is -2.10. The predicted molar refractivity (Wildman–Crippen MR) is 92.8 cm³/mol. The minimum absolute atomic E-state index is 0.0319. The fourth-order valence-electron chi connectivity index (χ4n) is 2.65. The normalized spacial score (nSPS) is 13.0. The first-order chi connectivity index (χ1) is 10.1. The lowest BCUT2D eigenvalue weighted by molar-refractivity contribution is 0.647. The third-order valence-electron chi connectivity index (χ3n) is 3.73. The van der Waals surface area contributed by atoms with Crippen molar-refractivity contribution in [3.63, 3.8) is 0 Å². The molecule has 1 atom stereocenters. The van der Waals surface area contributed by atoms with Gasteiger partial charge in [0.25, 0.3) is 0 Å². The van der Waals surface area contributed by atoms with E-state index in [4.69, 9.17) is 5.73 Å². The Balaban J connectivity index is 1.85. The minimum Gasteiger partial charge on any atom is -0.320 e. The molecule has 0 amide bonds. The van der Waals surface area contributed by atoms with E-state index in [0.29, 0.717) is 5.92 Å². The molecule has 1 unspecified atom stereocenters. The van der Waals surface area contributed by atoms with Crippen LogP contribution in [0, 0.1) is 5.92 Å². The summed E-state index contributed by atoms with van der Waals surface area (Å²) in [6.07, 6.45) is 1.12. The van der Waals surface area contributed by atoms with Gasteiger partial charge in [0, 0.05) is 9.58 Å². The number of rotatable bonds is 4. The van der Waals surface area contributed by atoms with Crippen molar-refractivity contribution in [3.8, 4) is 0 Å². The molecule has 0 spiro atoms. The van der Waals surface area contributed by atoms with Gasteiger partial charge in [-0.2, -0.15) is 0 Å². The second-order valence-corrected chi connectivity index (χ2v) is 7.12. The molecule has 1 aromatic heterocycles. The summed E-state index contributed by atoms with van der Waals surface area (Å²) in [5, 5.41) is 1.28. The molecule has 2 heteroatoms. The van der Waals surface area contributed by atoms with Crippen LogP contribution >= 0.6 is 11.3 Å². The second-order valence-electron chi connectivity index (χ2n) is 6.00. The number of hydrogen-bond acceptors (Lipinski definition) is 2.